The highest BCUT2D eigenvalue weighted by Crippen LogP contribution is 2.30. The molecule has 0 amide bonds. The third-order valence-electron chi connectivity index (χ3n) is 5.37. The molecule has 1 aliphatic heterocycles. The molecule has 0 aromatic carbocycles. The number of hydrogen-bond donors (Lipinski definition) is 2. The Kier molecular flexibility index (Phi) is 6.12. The number of allylic oxidation sites excluding steroid dienone is 1. The monoisotopic (exact) mass is 388 g/mol. The number of aryl methyl sites for hydroxylation is 1. The molecule has 2 aliphatic rings. The lowest BCUT2D eigenvalue weighted by atomic mass is 9.87. The number of aromatic nitrogens is 2. The molecule has 1 fully saturated rings. The average molecular weight is 388 g/mol. The molecule has 3 N–H and O–H groups in total. The minimum Gasteiger partial charge on any atom is -0.493 e. The minimum atomic E-state index is -0.797. The summed E-state index contributed by atoms with van der Waals surface area (Å²) < 4.78 is 17.2. The van der Waals surface area contributed by atoms with Crippen LogP contribution in [0.3, 0.4) is 0 Å². The van der Waals surface area contributed by atoms with Crippen LogP contribution in [0.1, 0.15) is 45.5 Å². The van der Waals surface area contributed by atoms with Gasteiger partial charge in [0.1, 0.15) is 17.2 Å². The Morgan fingerprint density at radius 1 is 1.21 bits per heavy atom. The van der Waals surface area contributed by atoms with E-state index in [-0.39, 0.29) is 0 Å². The normalized spacial score (nSPS) is 23.6. The van der Waals surface area contributed by atoms with Crippen molar-refractivity contribution in [1.82, 2.24) is 10.2 Å². The topological polar surface area (TPSA) is 112 Å². The lowest BCUT2D eigenvalue weighted by Crippen LogP contribution is -2.36. The largest absolute Gasteiger partial charge is 0.493 e. The van der Waals surface area contributed by atoms with Gasteiger partial charge in [0.25, 0.3) is 0 Å². The van der Waals surface area contributed by atoms with Gasteiger partial charge in [-0.1, -0.05) is 5.16 Å². The molecule has 1 aromatic rings. The second-order valence-electron chi connectivity index (χ2n) is 7.23. The molecule has 0 spiro atoms. The van der Waals surface area contributed by atoms with Gasteiger partial charge < -0.3 is 25.2 Å². The molecule has 1 atom stereocenters. The zero-order valence-corrected chi connectivity index (χ0v) is 16.9. The zero-order valence-electron chi connectivity index (χ0n) is 16.9. The summed E-state index contributed by atoms with van der Waals surface area (Å²) >= 11 is 0. The van der Waals surface area contributed by atoms with Crippen LogP contribution in [0.25, 0.3) is 0 Å². The van der Waals surface area contributed by atoms with Crippen molar-refractivity contribution in [3.63, 3.8) is 0 Å². The molecule has 8 nitrogen and oxygen atoms in total. The first-order valence-electron chi connectivity index (χ1n) is 9.47. The third kappa shape index (κ3) is 3.94. The van der Waals surface area contributed by atoms with Crippen LogP contribution in [0.5, 0.6) is 0 Å². The van der Waals surface area contributed by atoms with E-state index < -0.39 is 11.8 Å². The van der Waals surface area contributed by atoms with Gasteiger partial charge in [0.15, 0.2) is 0 Å². The second kappa shape index (κ2) is 8.38. The van der Waals surface area contributed by atoms with Gasteiger partial charge in [-0.05, 0) is 63.8 Å². The SMILES string of the molecule is CC1=C(OCCCc2ccc(C3(C)OCCO3)nn2)C(C)=C(C)C(N)C1=NO. The first-order chi connectivity index (χ1) is 13.4. The second-order valence-corrected chi connectivity index (χ2v) is 7.23. The molecule has 1 saturated heterocycles. The number of oxime groups is 1. The van der Waals surface area contributed by atoms with Crippen molar-refractivity contribution in [2.45, 2.75) is 52.4 Å². The summed E-state index contributed by atoms with van der Waals surface area (Å²) in [5.74, 6) is -0.0642. The van der Waals surface area contributed by atoms with Crippen molar-refractivity contribution in [2.24, 2.45) is 10.9 Å². The Morgan fingerprint density at radius 2 is 1.93 bits per heavy atom. The lowest BCUT2D eigenvalue weighted by molar-refractivity contribution is -0.153. The summed E-state index contributed by atoms with van der Waals surface area (Å²) in [5.41, 5.74) is 10.8. The van der Waals surface area contributed by atoms with E-state index in [1.165, 1.54) is 0 Å². The van der Waals surface area contributed by atoms with E-state index in [1.54, 1.807) is 0 Å². The number of nitrogens with two attached hydrogens (primary N) is 1. The van der Waals surface area contributed by atoms with Gasteiger partial charge in [0, 0.05) is 5.57 Å². The maximum absolute atomic E-state index is 9.26. The van der Waals surface area contributed by atoms with E-state index >= 15 is 0 Å². The summed E-state index contributed by atoms with van der Waals surface area (Å²) in [4.78, 5) is 0. The molecule has 0 bridgehead atoms. The van der Waals surface area contributed by atoms with Crippen LogP contribution < -0.4 is 5.73 Å². The maximum Gasteiger partial charge on any atom is 0.211 e. The van der Waals surface area contributed by atoms with Gasteiger partial charge in [-0.2, -0.15) is 5.10 Å². The van der Waals surface area contributed by atoms with Gasteiger partial charge >= 0.3 is 0 Å². The van der Waals surface area contributed by atoms with Crippen molar-refractivity contribution in [3.8, 4) is 0 Å². The molecular weight excluding hydrogens is 360 g/mol. The highest BCUT2D eigenvalue weighted by Gasteiger charge is 2.35. The molecule has 2 heterocycles. The third-order valence-corrected chi connectivity index (χ3v) is 5.37. The summed E-state index contributed by atoms with van der Waals surface area (Å²) in [7, 11) is 0. The summed E-state index contributed by atoms with van der Waals surface area (Å²) in [6.45, 7) is 9.25. The highest BCUT2D eigenvalue weighted by atomic mass is 16.7. The Morgan fingerprint density at radius 3 is 2.54 bits per heavy atom. The molecule has 0 radical (unpaired) electrons. The first-order valence-corrected chi connectivity index (χ1v) is 9.47. The highest BCUT2D eigenvalue weighted by molar-refractivity contribution is 6.07. The fraction of sp³-hybridized carbons (Fsp3) is 0.550. The molecular formula is C20H28N4O4. The van der Waals surface area contributed by atoms with Gasteiger partial charge in [-0.3, -0.25) is 0 Å². The van der Waals surface area contributed by atoms with Crippen molar-refractivity contribution >= 4 is 5.71 Å². The van der Waals surface area contributed by atoms with Crippen LogP contribution in [0.2, 0.25) is 0 Å². The molecule has 1 aromatic heterocycles. The van der Waals surface area contributed by atoms with Crippen molar-refractivity contribution in [3.05, 3.63) is 46.0 Å². The molecule has 3 rings (SSSR count). The summed E-state index contributed by atoms with van der Waals surface area (Å²) in [6.07, 6.45) is 1.51. The van der Waals surface area contributed by atoms with Crippen molar-refractivity contribution in [1.29, 1.82) is 0 Å². The van der Waals surface area contributed by atoms with E-state index in [0.29, 0.717) is 31.2 Å². The van der Waals surface area contributed by atoms with Crippen molar-refractivity contribution in [2.75, 3.05) is 19.8 Å². The predicted molar refractivity (Wildman–Crippen MR) is 104 cm³/mol. The van der Waals surface area contributed by atoms with Gasteiger partial charge in [0.2, 0.25) is 5.79 Å². The lowest BCUT2D eigenvalue weighted by Gasteiger charge is -2.26. The van der Waals surface area contributed by atoms with E-state index in [1.807, 2.05) is 39.8 Å². The number of hydrogen-bond acceptors (Lipinski definition) is 8. The van der Waals surface area contributed by atoms with E-state index in [0.717, 1.165) is 41.0 Å². The number of rotatable bonds is 6. The molecule has 1 unspecified atom stereocenters. The van der Waals surface area contributed by atoms with E-state index in [2.05, 4.69) is 15.4 Å². The first kappa shape index (κ1) is 20.4. The quantitative estimate of drug-likeness (QED) is 0.437. The number of ether oxygens (including phenoxy) is 3. The Balaban J connectivity index is 1.56. The van der Waals surface area contributed by atoms with Gasteiger partial charge in [-0.25, -0.2) is 0 Å². The Bertz CT molecular complexity index is 806. The van der Waals surface area contributed by atoms with E-state index in [9.17, 15) is 5.21 Å². The molecule has 28 heavy (non-hydrogen) atoms. The minimum absolute atomic E-state index is 0.402. The number of nitrogens with zero attached hydrogens (tertiary/aromatic N) is 3. The van der Waals surface area contributed by atoms with Crippen LogP contribution >= 0.6 is 0 Å². The summed E-state index contributed by atoms with van der Waals surface area (Å²) in [5, 5.41) is 21.1. The molecule has 152 valence electrons. The van der Waals surface area contributed by atoms with Crippen LogP contribution in [-0.2, 0) is 26.4 Å². The Labute approximate surface area is 165 Å². The van der Waals surface area contributed by atoms with Crippen LogP contribution in [0, 0.1) is 0 Å². The predicted octanol–water partition coefficient (Wildman–Crippen LogP) is 2.43. The molecule has 0 saturated carbocycles. The standard InChI is InChI=1S/C20H28N4O4/c1-12-13(2)19(14(3)18(24-25)17(12)21)26-9-5-6-15-7-8-16(23-22-15)20(4)27-10-11-28-20/h7-8,17,25H,5-6,9-11,21H2,1-4H3. The smallest absolute Gasteiger partial charge is 0.211 e. The molecule has 8 heteroatoms. The van der Waals surface area contributed by atoms with Crippen LogP contribution in [0.15, 0.2) is 39.8 Å². The van der Waals surface area contributed by atoms with Crippen LogP contribution in [0.4, 0.5) is 0 Å². The van der Waals surface area contributed by atoms with Gasteiger partial charge in [-0.15, -0.1) is 5.10 Å². The Hall–Kier alpha value is -2.29. The average Bonchev–Trinajstić information content (AvgIpc) is 3.14. The summed E-state index contributed by atoms with van der Waals surface area (Å²) in [6, 6.07) is 3.43. The molecule has 1 aliphatic carbocycles. The fourth-order valence-corrected chi connectivity index (χ4v) is 3.43. The van der Waals surface area contributed by atoms with E-state index in [4.69, 9.17) is 19.9 Å². The zero-order chi connectivity index (χ0) is 20.3. The van der Waals surface area contributed by atoms with Crippen molar-refractivity contribution < 1.29 is 19.4 Å². The van der Waals surface area contributed by atoms with Crippen LogP contribution in [-0.4, -0.2) is 47.0 Å². The fourth-order valence-electron chi connectivity index (χ4n) is 3.43. The maximum atomic E-state index is 9.26. The van der Waals surface area contributed by atoms with Gasteiger partial charge in [0.05, 0.1) is 31.6 Å².